The monoisotopic (exact) mass is 415 g/mol. The zero-order valence-corrected chi connectivity index (χ0v) is 17.5. The highest BCUT2D eigenvalue weighted by molar-refractivity contribution is 6.03. The van der Waals surface area contributed by atoms with Gasteiger partial charge in [0.2, 0.25) is 0 Å². The molecule has 158 valence electrons. The number of aryl methyl sites for hydroxylation is 3. The van der Waals surface area contributed by atoms with E-state index in [1.807, 2.05) is 72.8 Å². The van der Waals surface area contributed by atoms with Crippen LogP contribution in [0.4, 0.5) is 11.4 Å². The molecule has 5 heteroatoms. The Bertz CT molecular complexity index is 1040. The highest BCUT2D eigenvalue weighted by Crippen LogP contribution is 2.36. The molecule has 0 unspecified atom stereocenters. The maximum absolute atomic E-state index is 13.2. The predicted molar refractivity (Wildman–Crippen MR) is 120 cm³/mol. The first-order chi connectivity index (χ1) is 15.2. The molecule has 0 aromatic heterocycles. The Kier molecular flexibility index (Phi) is 6.32. The molecule has 0 saturated carbocycles. The minimum atomic E-state index is -0.407. The Morgan fingerprint density at radius 2 is 1.42 bits per heavy atom. The summed E-state index contributed by atoms with van der Waals surface area (Å²) in [7, 11) is 1.60. The zero-order chi connectivity index (χ0) is 21.6. The van der Waals surface area contributed by atoms with Crippen molar-refractivity contribution in [2.24, 2.45) is 0 Å². The number of benzene rings is 3. The first-order valence-electron chi connectivity index (χ1n) is 10.4. The van der Waals surface area contributed by atoms with Crippen molar-refractivity contribution in [1.29, 1.82) is 0 Å². The molecule has 0 spiro atoms. The number of carbonyl (C=O) groups excluding carboxylic acids is 2. The van der Waals surface area contributed by atoms with E-state index in [4.69, 9.17) is 9.47 Å². The van der Waals surface area contributed by atoms with E-state index < -0.39 is 5.97 Å². The minimum Gasteiger partial charge on any atom is -0.496 e. The molecule has 3 aromatic carbocycles. The summed E-state index contributed by atoms with van der Waals surface area (Å²) in [5.41, 5.74) is 4.85. The number of para-hydroxylation sites is 3. The molecular formula is C26H25NO4. The molecule has 4 rings (SSSR count). The van der Waals surface area contributed by atoms with Crippen LogP contribution in [0.5, 0.6) is 5.75 Å². The average molecular weight is 415 g/mol. The van der Waals surface area contributed by atoms with Crippen molar-refractivity contribution in [2.45, 2.75) is 25.7 Å². The number of methoxy groups -OCH3 is 1. The van der Waals surface area contributed by atoms with Crippen LogP contribution < -0.4 is 9.64 Å². The number of amides is 1. The maximum atomic E-state index is 13.2. The summed E-state index contributed by atoms with van der Waals surface area (Å²) in [4.78, 5) is 27.2. The molecule has 0 atom stereocenters. The molecular weight excluding hydrogens is 390 g/mol. The normalized spacial score (nSPS) is 12.4. The fourth-order valence-corrected chi connectivity index (χ4v) is 3.97. The van der Waals surface area contributed by atoms with Crippen LogP contribution in [0.3, 0.4) is 0 Å². The average Bonchev–Trinajstić information content (AvgIpc) is 2.98. The lowest BCUT2D eigenvalue weighted by Crippen LogP contribution is -2.31. The number of rotatable bonds is 6. The number of hydrogen-bond acceptors (Lipinski definition) is 4. The smallest absolute Gasteiger partial charge is 0.306 e. The third-order valence-electron chi connectivity index (χ3n) is 5.53. The first kappa shape index (κ1) is 20.7. The highest BCUT2D eigenvalue weighted by Gasteiger charge is 2.26. The summed E-state index contributed by atoms with van der Waals surface area (Å²) >= 11 is 0. The second-order valence-electron chi connectivity index (χ2n) is 7.46. The number of fused-ring (bicyclic) bond motifs is 2. The molecule has 1 heterocycles. The van der Waals surface area contributed by atoms with Crippen LogP contribution in [0.15, 0.2) is 72.8 Å². The van der Waals surface area contributed by atoms with E-state index in [0.717, 1.165) is 46.7 Å². The Hall–Kier alpha value is -3.60. The van der Waals surface area contributed by atoms with Gasteiger partial charge < -0.3 is 9.47 Å². The van der Waals surface area contributed by atoms with Crippen LogP contribution in [0.25, 0.3) is 0 Å². The lowest BCUT2D eigenvalue weighted by Gasteiger charge is -2.24. The predicted octanol–water partition coefficient (Wildman–Crippen LogP) is 4.63. The van der Waals surface area contributed by atoms with Gasteiger partial charge in [0.1, 0.15) is 5.75 Å². The number of esters is 1. The lowest BCUT2D eigenvalue weighted by atomic mass is 10.0. The Morgan fingerprint density at radius 3 is 2.06 bits per heavy atom. The molecule has 3 aromatic rings. The van der Waals surface area contributed by atoms with Crippen LogP contribution in [0.2, 0.25) is 0 Å². The summed E-state index contributed by atoms with van der Waals surface area (Å²) in [5, 5.41) is 0. The molecule has 0 aliphatic carbocycles. The van der Waals surface area contributed by atoms with E-state index in [1.165, 1.54) is 0 Å². The Morgan fingerprint density at radius 1 is 0.839 bits per heavy atom. The number of carbonyl (C=O) groups is 2. The van der Waals surface area contributed by atoms with Gasteiger partial charge in [-0.15, -0.1) is 0 Å². The highest BCUT2D eigenvalue weighted by atomic mass is 16.5. The van der Waals surface area contributed by atoms with Gasteiger partial charge in [0.05, 0.1) is 18.5 Å². The van der Waals surface area contributed by atoms with Gasteiger partial charge in [-0.3, -0.25) is 14.5 Å². The SMILES string of the molecule is COc1ccccc1CCC(=O)OCC(=O)N1c2ccccc2CCc2ccccc21. The van der Waals surface area contributed by atoms with Crippen LogP contribution in [-0.2, 0) is 33.6 Å². The molecule has 0 fully saturated rings. The summed E-state index contributed by atoms with van der Waals surface area (Å²) in [5.74, 6) is 0.0762. The number of anilines is 2. The molecule has 0 N–H and O–H groups in total. The van der Waals surface area contributed by atoms with Crippen molar-refractivity contribution in [3.05, 3.63) is 89.5 Å². The van der Waals surface area contributed by atoms with E-state index in [9.17, 15) is 9.59 Å². The molecule has 5 nitrogen and oxygen atoms in total. The minimum absolute atomic E-state index is 0.181. The van der Waals surface area contributed by atoms with E-state index in [2.05, 4.69) is 0 Å². The summed E-state index contributed by atoms with van der Waals surface area (Å²) in [6.45, 7) is -0.298. The largest absolute Gasteiger partial charge is 0.496 e. The molecule has 1 aliphatic heterocycles. The summed E-state index contributed by atoms with van der Waals surface area (Å²) in [6, 6.07) is 23.3. The van der Waals surface area contributed by atoms with Crippen molar-refractivity contribution in [1.82, 2.24) is 0 Å². The summed E-state index contributed by atoms with van der Waals surface area (Å²) in [6.07, 6.45) is 2.39. The van der Waals surface area contributed by atoms with Gasteiger partial charge in [-0.05, 0) is 54.2 Å². The number of nitrogens with zero attached hydrogens (tertiary/aromatic N) is 1. The molecule has 0 saturated heterocycles. The van der Waals surface area contributed by atoms with E-state index in [-0.39, 0.29) is 18.9 Å². The van der Waals surface area contributed by atoms with Gasteiger partial charge in [-0.25, -0.2) is 0 Å². The van der Waals surface area contributed by atoms with Crippen LogP contribution >= 0.6 is 0 Å². The van der Waals surface area contributed by atoms with Gasteiger partial charge in [-0.1, -0.05) is 54.6 Å². The van der Waals surface area contributed by atoms with Crippen molar-refractivity contribution >= 4 is 23.3 Å². The van der Waals surface area contributed by atoms with Crippen LogP contribution in [-0.4, -0.2) is 25.6 Å². The Labute approximate surface area is 182 Å². The maximum Gasteiger partial charge on any atom is 0.306 e. The van der Waals surface area contributed by atoms with E-state index in [1.54, 1.807) is 12.0 Å². The third kappa shape index (κ3) is 4.61. The second kappa shape index (κ2) is 9.47. The van der Waals surface area contributed by atoms with Crippen LogP contribution in [0.1, 0.15) is 23.1 Å². The number of ether oxygens (including phenoxy) is 2. The molecule has 1 amide bonds. The van der Waals surface area contributed by atoms with Crippen molar-refractivity contribution < 1.29 is 19.1 Å². The van der Waals surface area contributed by atoms with Crippen molar-refractivity contribution in [3.8, 4) is 5.75 Å². The summed E-state index contributed by atoms with van der Waals surface area (Å²) < 4.78 is 10.7. The van der Waals surface area contributed by atoms with Gasteiger partial charge in [-0.2, -0.15) is 0 Å². The first-order valence-corrected chi connectivity index (χ1v) is 10.4. The molecule has 0 radical (unpaired) electrons. The van der Waals surface area contributed by atoms with E-state index in [0.29, 0.717) is 6.42 Å². The fourth-order valence-electron chi connectivity index (χ4n) is 3.97. The quantitative estimate of drug-likeness (QED) is 0.551. The second-order valence-corrected chi connectivity index (χ2v) is 7.46. The zero-order valence-electron chi connectivity index (χ0n) is 17.5. The van der Waals surface area contributed by atoms with Crippen molar-refractivity contribution in [2.75, 3.05) is 18.6 Å². The van der Waals surface area contributed by atoms with Crippen LogP contribution in [0, 0.1) is 0 Å². The lowest BCUT2D eigenvalue weighted by molar-refractivity contribution is -0.147. The topological polar surface area (TPSA) is 55.8 Å². The molecule has 31 heavy (non-hydrogen) atoms. The Balaban J connectivity index is 1.45. The number of hydrogen-bond donors (Lipinski definition) is 0. The van der Waals surface area contributed by atoms with Gasteiger partial charge in [0.15, 0.2) is 6.61 Å². The van der Waals surface area contributed by atoms with Gasteiger partial charge >= 0.3 is 5.97 Å². The fraction of sp³-hybridized carbons (Fsp3) is 0.231. The van der Waals surface area contributed by atoms with Crippen molar-refractivity contribution in [3.63, 3.8) is 0 Å². The van der Waals surface area contributed by atoms with E-state index >= 15 is 0 Å². The van der Waals surface area contributed by atoms with Gasteiger partial charge in [0.25, 0.3) is 5.91 Å². The molecule has 1 aliphatic rings. The standard InChI is InChI=1S/C26H25NO4/c1-30-24-13-7-4-10-21(24)16-17-26(29)31-18-25(28)27-22-11-5-2-8-19(22)14-15-20-9-3-6-12-23(20)27/h2-13H,14-18H2,1H3. The molecule has 0 bridgehead atoms. The third-order valence-corrected chi connectivity index (χ3v) is 5.53. The van der Waals surface area contributed by atoms with Gasteiger partial charge in [0, 0.05) is 6.42 Å².